The van der Waals surface area contributed by atoms with Crippen LogP contribution < -0.4 is 10.9 Å². The maximum Gasteiger partial charge on any atom is 0.253 e. The van der Waals surface area contributed by atoms with Gasteiger partial charge in [0.1, 0.15) is 0 Å². The molecule has 0 unspecified atom stereocenters. The first-order chi connectivity index (χ1) is 7.74. The van der Waals surface area contributed by atoms with Gasteiger partial charge in [-0.1, -0.05) is 0 Å². The number of aryl methyl sites for hydroxylation is 1. The predicted molar refractivity (Wildman–Crippen MR) is 62.6 cm³/mol. The molecule has 0 aliphatic rings. The fourth-order valence-corrected chi connectivity index (χ4v) is 1.35. The van der Waals surface area contributed by atoms with Gasteiger partial charge in [-0.25, -0.2) is 4.98 Å². The molecular formula is C11H19N3O2. The van der Waals surface area contributed by atoms with Crippen LogP contribution in [0.4, 0.5) is 0 Å². The quantitative estimate of drug-likeness (QED) is 0.672. The van der Waals surface area contributed by atoms with Crippen molar-refractivity contribution in [3.05, 3.63) is 28.4 Å². The summed E-state index contributed by atoms with van der Waals surface area (Å²) in [6, 6.07) is 1.55. The zero-order valence-electron chi connectivity index (χ0n) is 9.90. The van der Waals surface area contributed by atoms with Gasteiger partial charge in [-0.3, -0.25) is 9.36 Å². The molecule has 0 radical (unpaired) electrons. The second-order valence-corrected chi connectivity index (χ2v) is 3.66. The smallest absolute Gasteiger partial charge is 0.253 e. The van der Waals surface area contributed by atoms with Crippen molar-refractivity contribution in [3.63, 3.8) is 0 Å². The first kappa shape index (κ1) is 12.9. The van der Waals surface area contributed by atoms with Gasteiger partial charge in [0.2, 0.25) is 0 Å². The van der Waals surface area contributed by atoms with E-state index in [2.05, 4.69) is 10.3 Å². The molecule has 0 bridgehead atoms. The van der Waals surface area contributed by atoms with Crippen LogP contribution in [0.2, 0.25) is 0 Å². The van der Waals surface area contributed by atoms with E-state index in [4.69, 9.17) is 4.74 Å². The lowest BCUT2D eigenvalue weighted by atomic mass is 10.4. The standard InChI is InChI=1S/C11H19N3O2/c1-10-8-11(15)14(9-13-10)6-5-12-4-3-7-16-2/h8-9,12H,3-7H2,1-2H3. The molecule has 1 rings (SSSR count). The van der Waals surface area contributed by atoms with Crippen LogP contribution in [0.3, 0.4) is 0 Å². The molecule has 0 spiro atoms. The summed E-state index contributed by atoms with van der Waals surface area (Å²) in [7, 11) is 1.69. The molecule has 5 nitrogen and oxygen atoms in total. The molecule has 0 aliphatic heterocycles. The number of hydrogen-bond donors (Lipinski definition) is 1. The minimum Gasteiger partial charge on any atom is -0.385 e. The summed E-state index contributed by atoms with van der Waals surface area (Å²) in [5.41, 5.74) is 0.764. The topological polar surface area (TPSA) is 56.1 Å². The highest BCUT2D eigenvalue weighted by molar-refractivity contribution is 4.95. The molecule has 0 aromatic carbocycles. The molecule has 0 atom stereocenters. The molecule has 0 amide bonds. The first-order valence-corrected chi connectivity index (χ1v) is 5.47. The molecule has 0 fully saturated rings. The lowest BCUT2D eigenvalue weighted by Gasteiger charge is -2.06. The lowest BCUT2D eigenvalue weighted by molar-refractivity contribution is 0.194. The van der Waals surface area contributed by atoms with Gasteiger partial charge in [0.15, 0.2) is 0 Å². The fourth-order valence-electron chi connectivity index (χ4n) is 1.35. The van der Waals surface area contributed by atoms with Crippen LogP contribution in [0.1, 0.15) is 12.1 Å². The van der Waals surface area contributed by atoms with E-state index in [0.717, 1.165) is 31.8 Å². The van der Waals surface area contributed by atoms with Gasteiger partial charge < -0.3 is 10.1 Å². The van der Waals surface area contributed by atoms with Crippen molar-refractivity contribution >= 4 is 0 Å². The summed E-state index contributed by atoms with van der Waals surface area (Å²) < 4.78 is 6.54. The molecule has 1 heterocycles. The molecule has 0 saturated heterocycles. The van der Waals surface area contributed by atoms with Gasteiger partial charge in [0.25, 0.3) is 5.56 Å². The van der Waals surface area contributed by atoms with E-state index in [-0.39, 0.29) is 5.56 Å². The molecule has 0 aliphatic carbocycles. The molecule has 90 valence electrons. The molecule has 1 N–H and O–H groups in total. The Morgan fingerprint density at radius 2 is 2.31 bits per heavy atom. The minimum absolute atomic E-state index is 0.00573. The molecule has 5 heteroatoms. The van der Waals surface area contributed by atoms with Gasteiger partial charge in [-0.05, 0) is 19.9 Å². The van der Waals surface area contributed by atoms with Crippen LogP contribution in [-0.2, 0) is 11.3 Å². The molecule has 0 saturated carbocycles. The Morgan fingerprint density at radius 1 is 1.50 bits per heavy atom. The van der Waals surface area contributed by atoms with Gasteiger partial charge in [-0.2, -0.15) is 0 Å². The van der Waals surface area contributed by atoms with Crippen LogP contribution in [0.5, 0.6) is 0 Å². The number of nitrogens with one attached hydrogen (secondary N) is 1. The summed E-state index contributed by atoms with van der Waals surface area (Å²) in [5.74, 6) is 0. The van der Waals surface area contributed by atoms with Crippen molar-refractivity contribution in [2.45, 2.75) is 19.9 Å². The maximum absolute atomic E-state index is 11.5. The van der Waals surface area contributed by atoms with Crippen LogP contribution >= 0.6 is 0 Å². The Hall–Kier alpha value is -1.20. The number of methoxy groups -OCH3 is 1. The average molecular weight is 225 g/mol. The van der Waals surface area contributed by atoms with Crippen molar-refractivity contribution in [3.8, 4) is 0 Å². The fraction of sp³-hybridized carbons (Fsp3) is 0.636. The predicted octanol–water partition coefficient (Wildman–Crippen LogP) is 0.178. The first-order valence-electron chi connectivity index (χ1n) is 5.47. The van der Waals surface area contributed by atoms with Crippen molar-refractivity contribution in [2.75, 3.05) is 26.8 Å². The van der Waals surface area contributed by atoms with Gasteiger partial charge in [0, 0.05) is 38.6 Å². The van der Waals surface area contributed by atoms with E-state index in [1.807, 2.05) is 6.92 Å². The van der Waals surface area contributed by atoms with Crippen LogP contribution in [0, 0.1) is 6.92 Å². The number of aromatic nitrogens is 2. The number of hydrogen-bond acceptors (Lipinski definition) is 4. The van der Waals surface area contributed by atoms with Gasteiger partial charge in [-0.15, -0.1) is 0 Å². The van der Waals surface area contributed by atoms with Crippen molar-refractivity contribution in [1.29, 1.82) is 0 Å². The number of rotatable bonds is 7. The SMILES string of the molecule is COCCCNCCn1cnc(C)cc1=O. The minimum atomic E-state index is 0.00573. The van der Waals surface area contributed by atoms with E-state index in [1.54, 1.807) is 24.1 Å². The number of ether oxygens (including phenoxy) is 1. The normalized spacial score (nSPS) is 10.6. The molecule has 1 aromatic heterocycles. The maximum atomic E-state index is 11.5. The summed E-state index contributed by atoms with van der Waals surface area (Å²) in [6.45, 7) is 4.91. The molecule has 1 aromatic rings. The second-order valence-electron chi connectivity index (χ2n) is 3.66. The Labute approximate surface area is 95.5 Å². The second kappa shape index (κ2) is 7.14. The third-order valence-corrected chi connectivity index (χ3v) is 2.25. The monoisotopic (exact) mass is 225 g/mol. The lowest BCUT2D eigenvalue weighted by Crippen LogP contribution is -2.27. The highest BCUT2D eigenvalue weighted by atomic mass is 16.5. The zero-order valence-corrected chi connectivity index (χ0v) is 9.90. The zero-order chi connectivity index (χ0) is 11.8. The summed E-state index contributed by atoms with van der Waals surface area (Å²) in [5, 5.41) is 3.24. The van der Waals surface area contributed by atoms with Gasteiger partial charge in [0.05, 0.1) is 6.33 Å². The van der Waals surface area contributed by atoms with Crippen molar-refractivity contribution < 1.29 is 4.74 Å². The third-order valence-electron chi connectivity index (χ3n) is 2.25. The van der Waals surface area contributed by atoms with Crippen LogP contribution in [0.25, 0.3) is 0 Å². The number of nitrogens with zero attached hydrogens (tertiary/aromatic N) is 2. The van der Waals surface area contributed by atoms with Crippen LogP contribution in [-0.4, -0.2) is 36.4 Å². The largest absolute Gasteiger partial charge is 0.385 e. The van der Waals surface area contributed by atoms with E-state index >= 15 is 0 Å². The van der Waals surface area contributed by atoms with E-state index in [0.29, 0.717) is 6.54 Å². The Morgan fingerprint density at radius 3 is 3.00 bits per heavy atom. The van der Waals surface area contributed by atoms with Crippen molar-refractivity contribution in [1.82, 2.24) is 14.9 Å². The summed E-state index contributed by atoms with van der Waals surface area (Å²) >= 11 is 0. The highest BCUT2D eigenvalue weighted by Gasteiger charge is 1.96. The van der Waals surface area contributed by atoms with Crippen molar-refractivity contribution in [2.24, 2.45) is 0 Å². The van der Waals surface area contributed by atoms with E-state index < -0.39 is 0 Å². The highest BCUT2D eigenvalue weighted by Crippen LogP contribution is 1.84. The molecular weight excluding hydrogens is 206 g/mol. The van der Waals surface area contributed by atoms with E-state index in [9.17, 15) is 4.79 Å². The summed E-state index contributed by atoms with van der Waals surface area (Å²) in [4.78, 5) is 15.6. The average Bonchev–Trinajstić information content (AvgIpc) is 2.26. The third kappa shape index (κ3) is 4.55. The van der Waals surface area contributed by atoms with Crippen LogP contribution in [0.15, 0.2) is 17.2 Å². The van der Waals surface area contributed by atoms with E-state index in [1.165, 1.54) is 0 Å². The Kier molecular flexibility index (Phi) is 5.74. The molecule has 16 heavy (non-hydrogen) atoms. The summed E-state index contributed by atoms with van der Waals surface area (Å²) in [6.07, 6.45) is 2.58. The Balaban J connectivity index is 2.24. The van der Waals surface area contributed by atoms with Gasteiger partial charge >= 0.3 is 0 Å². The Bertz CT molecular complexity index is 362.